The molecule has 0 bridgehead atoms. The van der Waals surface area contributed by atoms with E-state index in [4.69, 9.17) is 0 Å². The minimum atomic E-state index is 1.30. The second-order valence-electron chi connectivity index (χ2n) is 3.21. The van der Waals surface area contributed by atoms with Crippen LogP contribution in [0.3, 0.4) is 0 Å². The van der Waals surface area contributed by atoms with Crippen LogP contribution < -0.4 is 0 Å². The summed E-state index contributed by atoms with van der Waals surface area (Å²) in [7, 11) is 0. The van der Waals surface area contributed by atoms with Gasteiger partial charge in [-0.25, -0.2) is 0 Å². The molecule has 0 amide bonds. The van der Waals surface area contributed by atoms with E-state index in [2.05, 4.69) is 42.1 Å². The molecule has 0 fully saturated rings. The summed E-state index contributed by atoms with van der Waals surface area (Å²) in [5.74, 6) is 0. The van der Waals surface area contributed by atoms with Crippen LogP contribution in [-0.4, -0.2) is 0 Å². The van der Waals surface area contributed by atoms with E-state index < -0.39 is 0 Å². The Morgan fingerprint density at radius 3 is 3.07 bits per heavy atom. The van der Waals surface area contributed by atoms with Gasteiger partial charge >= 0.3 is 0 Å². The van der Waals surface area contributed by atoms with Crippen molar-refractivity contribution in [2.75, 3.05) is 0 Å². The highest BCUT2D eigenvalue weighted by atomic mass is 32.1. The molecule has 3 rings (SSSR count). The van der Waals surface area contributed by atoms with E-state index in [1.165, 1.54) is 20.5 Å². The molecule has 0 nitrogen and oxygen atoms in total. The van der Waals surface area contributed by atoms with Crippen molar-refractivity contribution in [3.05, 3.63) is 52.6 Å². The number of hydrogen-bond acceptors (Lipinski definition) is 1. The van der Waals surface area contributed by atoms with Gasteiger partial charge in [0.15, 0.2) is 0 Å². The van der Waals surface area contributed by atoms with Crippen molar-refractivity contribution in [2.24, 2.45) is 0 Å². The van der Waals surface area contributed by atoms with Crippen LogP contribution in [0, 0.1) is 0 Å². The molecule has 0 aliphatic heterocycles. The summed E-state index contributed by atoms with van der Waals surface area (Å²) in [6, 6.07) is 8.50. The van der Waals surface area contributed by atoms with Crippen LogP contribution in [0.1, 0.15) is 10.4 Å². The monoisotopic (exact) mass is 196 g/mol. The highest BCUT2D eigenvalue weighted by molar-refractivity contribution is 7.20. The van der Waals surface area contributed by atoms with E-state index in [1.807, 2.05) is 23.5 Å². The van der Waals surface area contributed by atoms with Crippen molar-refractivity contribution < 1.29 is 0 Å². The van der Waals surface area contributed by atoms with Crippen LogP contribution >= 0.6 is 11.3 Å². The molecule has 1 heteroatoms. The van der Waals surface area contributed by atoms with E-state index in [-0.39, 0.29) is 0 Å². The molecule has 1 aromatic carbocycles. The zero-order chi connectivity index (χ0) is 9.38. The molecule has 1 aliphatic rings. The number of allylic oxidation sites excluding steroid dienone is 2. The average Bonchev–Trinajstić information content (AvgIpc) is 2.42. The Bertz CT molecular complexity index is 578. The van der Waals surface area contributed by atoms with Crippen molar-refractivity contribution in [3.63, 3.8) is 0 Å². The third-order valence-corrected chi connectivity index (χ3v) is 3.48. The van der Waals surface area contributed by atoms with Crippen molar-refractivity contribution in [2.45, 2.75) is 0 Å². The highest BCUT2D eigenvalue weighted by Crippen LogP contribution is 2.33. The topological polar surface area (TPSA) is 0 Å². The fourth-order valence-electron chi connectivity index (χ4n) is 1.68. The summed E-state index contributed by atoms with van der Waals surface area (Å²) in [5, 5.41) is 1.33. The second-order valence-corrected chi connectivity index (χ2v) is 4.30. The molecule has 0 N–H and O–H groups in total. The third kappa shape index (κ3) is 1.07. The average molecular weight is 196 g/mol. The first kappa shape index (κ1) is 7.81. The van der Waals surface area contributed by atoms with Gasteiger partial charge < -0.3 is 0 Å². The normalized spacial score (nSPS) is 13.1. The molecule has 1 heterocycles. The lowest BCUT2D eigenvalue weighted by molar-refractivity contribution is 1.82. The van der Waals surface area contributed by atoms with Crippen LogP contribution in [0.4, 0.5) is 0 Å². The van der Waals surface area contributed by atoms with Gasteiger partial charge in [0.25, 0.3) is 0 Å². The van der Waals surface area contributed by atoms with Crippen LogP contribution in [0.25, 0.3) is 22.2 Å². The molecular weight excluding hydrogens is 188 g/mol. The first-order valence-corrected chi connectivity index (χ1v) is 5.37. The number of fused-ring (bicyclic) bond motifs is 3. The standard InChI is InChI=1S/C13H8S/c1-2-6-10-11-7-4-5-9-13(11)14-12(10)8-3-1/h1,3-9H. The maximum absolute atomic E-state index is 3.15. The fourth-order valence-corrected chi connectivity index (χ4v) is 2.78. The molecule has 0 atom stereocenters. The van der Waals surface area contributed by atoms with Gasteiger partial charge in [0.05, 0.1) is 0 Å². The molecule has 0 saturated heterocycles. The Hall–Kier alpha value is -1.56. The maximum Gasteiger partial charge on any atom is 0.0361 e. The lowest BCUT2D eigenvalue weighted by Crippen LogP contribution is -1.69. The van der Waals surface area contributed by atoms with E-state index in [1.54, 1.807) is 0 Å². The molecule has 0 radical (unpaired) electrons. The Kier molecular flexibility index (Phi) is 1.66. The fraction of sp³-hybridized carbons (Fsp3) is 0. The molecule has 0 unspecified atom stereocenters. The molecule has 2 aromatic rings. The Labute approximate surface area is 86.5 Å². The summed E-state index contributed by atoms with van der Waals surface area (Å²) in [6.07, 6.45) is 8.20. The predicted octanol–water partition coefficient (Wildman–Crippen LogP) is 4.10. The molecule has 1 aliphatic carbocycles. The molecule has 0 spiro atoms. The quantitative estimate of drug-likeness (QED) is 0.556. The van der Waals surface area contributed by atoms with Gasteiger partial charge in [-0.1, -0.05) is 24.3 Å². The smallest absolute Gasteiger partial charge is 0.0361 e. The van der Waals surface area contributed by atoms with Crippen LogP contribution in [0.2, 0.25) is 0 Å². The van der Waals surface area contributed by atoms with Crippen molar-refractivity contribution in [1.29, 1.82) is 0 Å². The van der Waals surface area contributed by atoms with E-state index in [0.29, 0.717) is 0 Å². The Morgan fingerprint density at radius 1 is 1.14 bits per heavy atom. The Balaban J connectivity index is 2.47. The molecular formula is C13H8S. The SMILES string of the molecule is C1=CC=Cc2sc3ccccc3c2C=1. The summed E-state index contributed by atoms with van der Waals surface area (Å²) in [5.41, 5.74) is 4.45. The first-order chi connectivity index (χ1) is 6.95. The van der Waals surface area contributed by atoms with Crippen molar-refractivity contribution in [3.8, 4) is 0 Å². The van der Waals surface area contributed by atoms with Gasteiger partial charge in [0, 0.05) is 20.5 Å². The van der Waals surface area contributed by atoms with Gasteiger partial charge in [0.1, 0.15) is 0 Å². The van der Waals surface area contributed by atoms with Crippen LogP contribution in [0.5, 0.6) is 0 Å². The molecule has 14 heavy (non-hydrogen) atoms. The summed E-state index contributed by atoms with van der Waals surface area (Å²) < 4.78 is 1.35. The van der Waals surface area contributed by atoms with Gasteiger partial charge in [-0.05, 0) is 24.3 Å². The minimum absolute atomic E-state index is 1.30. The maximum atomic E-state index is 3.15. The largest absolute Gasteiger partial charge is 0.135 e. The van der Waals surface area contributed by atoms with Crippen molar-refractivity contribution >= 4 is 33.6 Å². The van der Waals surface area contributed by atoms with Gasteiger partial charge in [0.2, 0.25) is 0 Å². The van der Waals surface area contributed by atoms with E-state index >= 15 is 0 Å². The van der Waals surface area contributed by atoms with Crippen LogP contribution in [-0.2, 0) is 0 Å². The zero-order valence-corrected chi connectivity index (χ0v) is 8.34. The number of thiophene rings is 1. The summed E-state index contributed by atoms with van der Waals surface area (Å²) in [4.78, 5) is 1.33. The number of hydrogen-bond donors (Lipinski definition) is 0. The van der Waals surface area contributed by atoms with Gasteiger partial charge in [-0.3, -0.25) is 0 Å². The van der Waals surface area contributed by atoms with Gasteiger partial charge in [-0.15, -0.1) is 17.1 Å². The minimum Gasteiger partial charge on any atom is -0.135 e. The zero-order valence-electron chi connectivity index (χ0n) is 7.53. The third-order valence-electron chi connectivity index (χ3n) is 2.33. The molecule has 1 aromatic heterocycles. The number of rotatable bonds is 0. The predicted molar refractivity (Wildman–Crippen MR) is 63.4 cm³/mol. The van der Waals surface area contributed by atoms with Crippen molar-refractivity contribution in [1.82, 2.24) is 0 Å². The highest BCUT2D eigenvalue weighted by Gasteiger charge is 2.06. The van der Waals surface area contributed by atoms with E-state index in [9.17, 15) is 0 Å². The second kappa shape index (κ2) is 2.98. The first-order valence-electron chi connectivity index (χ1n) is 4.56. The number of benzene rings is 1. The molecule has 66 valence electrons. The van der Waals surface area contributed by atoms with Crippen LogP contribution in [0.15, 0.2) is 42.1 Å². The van der Waals surface area contributed by atoms with E-state index in [0.717, 1.165) is 0 Å². The summed E-state index contributed by atoms with van der Waals surface area (Å²) >= 11 is 1.83. The Morgan fingerprint density at radius 2 is 2.07 bits per heavy atom. The lowest BCUT2D eigenvalue weighted by atomic mass is 10.1. The summed E-state index contributed by atoms with van der Waals surface area (Å²) in [6.45, 7) is 0. The lowest BCUT2D eigenvalue weighted by Gasteiger charge is -1.90. The van der Waals surface area contributed by atoms with Gasteiger partial charge in [-0.2, -0.15) is 0 Å². The molecule has 0 saturated carbocycles.